The number of carbonyl (C=O) groups excluding carboxylic acids is 1. The highest BCUT2D eigenvalue weighted by Crippen LogP contribution is 2.17. The fourth-order valence-electron chi connectivity index (χ4n) is 2.83. The molecule has 0 radical (unpaired) electrons. The van der Waals surface area contributed by atoms with E-state index in [0.717, 1.165) is 12.8 Å². The summed E-state index contributed by atoms with van der Waals surface area (Å²) in [5, 5.41) is 3.01. The van der Waals surface area contributed by atoms with Crippen LogP contribution in [0, 0.1) is 0 Å². The van der Waals surface area contributed by atoms with E-state index in [4.69, 9.17) is 4.42 Å². The van der Waals surface area contributed by atoms with Crippen LogP contribution in [0.15, 0.2) is 33.5 Å². The van der Waals surface area contributed by atoms with Gasteiger partial charge in [0, 0.05) is 6.04 Å². The van der Waals surface area contributed by atoms with Crippen LogP contribution in [0.5, 0.6) is 0 Å². The second kappa shape index (κ2) is 5.53. The minimum Gasteiger partial charge on any atom is -0.408 e. The molecule has 1 heterocycles. The Balaban J connectivity index is 1.74. The van der Waals surface area contributed by atoms with Crippen molar-refractivity contribution < 1.29 is 9.21 Å². The minimum atomic E-state index is -0.481. The normalized spacial score (nSPS) is 16.4. The third-order valence-corrected chi connectivity index (χ3v) is 3.85. The summed E-state index contributed by atoms with van der Waals surface area (Å²) >= 11 is 0. The predicted octanol–water partition coefficient (Wildman–Crippen LogP) is 2.04. The molecule has 0 saturated heterocycles. The molecule has 1 fully saturated rings. The predicted molar refractivity (Wildman–Crippen MR) is 75.5 cm³/mol. The highest BCUT2D eigenvalue weighted by Gasteiger charge is 2.17. The summed E-state index contributed by atoms with van der Waals surface area (Å²) in [5.74, 6) is -0.601. The summed E-state index contributed by atoms with van der Waals surface area (Å²) in [4.78, 5) is 23.8. The number of oxazole rings is 1. The zero-order chi connectivity index (χ0) is 13.9. The monoisotopic (exact) mass is 274 g/mol. The van der Waals surface area contributed by atoms with Gasteiger partial charge in [0.2, 0.25) is 5.91 Å². The van der Waals surface area contributed by atoms with Gasteiger partial charge in [0.25, 0.3) is 0 Å². The molecule has 0 atom stereocenters. The molecule has 1 saturated carbocycles. The molecule has 3 rings (SSSR count). The summed E-state index contributed by atoms with van der Waals surface area (Å²) in [6, 6.07) is 7.40. The second-order valence-electron chi connectivity index (χ2n) is 5.32. The van der Waals surface area contributed by atoms with Gasteiger partial charge in [0.1, 0.15) is 6.54 Å². The Kier molecular flexibility index (Phi) is 3.58. The molecule has 5 nitrogen and oxygen atoms in total. The Morgan fingerprint density at radius 1 is 1.25 bits per heavy atom. The van der Waals surface area contributed by atoms with E-state index in [9.17, 15) is 9.59 Å². The van der Waals surface area contributed by atoms with Crippen LogP contribution in [0.25, 0.3) is 11.1 Å². The van der Waals surface area contributed by atoms with Gasteiger partial charge in [0.05, 0.1) is 5.52 Å². The van der Waals surface area contributed by atoms with Gasteiger partial charge in [-0.05, 0) is 25.0 Å². The van der Waals surface area contributed by atoms with Crippen LogP contribution < -0.4 is 11.1 Å². The minimum absolute atomic E-state index is 0.0202. The molecule has 1 amide bonds. The van der Waals surface area contributed by atoms with Crippen molar-refractivity contribution in [2.75, 3.05) is 0 Å². The van der Waals surface area contributed by atoms with Crippen LogP contribution in [0.3, 0.4) is 0 Å². The lowest BCUT2D eigenvalue weighted by atomic mass is 9.95. The van der Waals surface area contributed by atoms with Gasteiger partial charge in [-0.25, -0.2) is 4.79 Å². The topological polar surface area (TPSA) is 64.2 Å². The van der Waals surface area contributed by atoms with Crippen molar-refractivity contribution in [1.82, 2.24) is 9.88 Å². The molecule has 0 unspecified atom stereocenters. The number of nitrogens with one attached hydrogen (secondary N) is 1. The van der Waals surface area contributed by atoms with Crippen molar-refractivity contribution >= 4 is 17.0 Å². The van der Waals surface area contributed by atoms with Crippen molar-refractivity contribution in [3.8, 4) is 0 Å². The van der Waals surface area contributed by atoms with Crippen molar-refractivity contribution in [3.63, 3.8) is 0 Å². The smallest absolute Gasteiger partial charge is 0.408 e. The summed E-state index contributed by atoms with van der Waals surface area (Å²) in [6.45, 7) is 0.0202. The number of fused-ring (bicyclic) bond motifs is 1. The van der Waals surface area contributed by atoms with E-state index in [2.05, 4.69) is 5.32 Å². The van der Waals surface area contributed by atoms with Crippen molar-refractivity contribution in [1.29, 1.82) is 0 Å². The van der Waals surface area contributed by atoms with Crippen LogP contribution in [0.4, 0.5) is 0 Å². The molecular weight excluding hydrogens is 256 g/mol. The molecule has 0 aliphatic heterocycles. The molecule has 2 aromatic rings. The third-order valence-electron chi connectivity index (χ3n) is 3.85. The van der Waals surface area contributed by atoms with Gasteiger partial charge in [-0.2, -0.15) is 0 Å². The Morgan fingerprint density at radius 3 is 2.80 bits per heavy atom. The number of rotatable bonds is 3. The first-order valence-electron chi connectivity index (χ1n) is 7.12. The number of hydrogen-bond acceptors (Lipinski definition) is 3. The first-order chi connectivity index (χ1) is 9.74. The van der Waals surface area contributed by atoms with E-state index >= 15 is 0 Å². The lowest BCUT2D eigenvalue weighted by Crippen LogP contribution is -2.39. The average Bonchev–Trinajstić information content (AvgIpc) is 2.76. The van der Waals surface area contributed by atoms with Crippen molar-refractivity contribution in [2.24, 2.45) is 0 Å². The van der Waals surface area contributed by atoms with Crippen LogP contribution >= 0.6 is 0 Å². The van der Waals surface area contributed by atoms with Crippen molar-refractivity contribution in [2.45, 2.75) is 44.7 Å². The number of nitrogens with zero attached hydrogens (tertiary/aromatic N) is 1. The Morgan fingerprint density at radius 2 is 2.00 bits per heavy atom. The molecule has 5 heteroatoms. The molecule has 1 N–H and O–H groups in total. The summed E-state index contributed by atoms with van der Waals surface area (Å²) in [5.41, 5.74) is 1.18. The highest BCUT2D eigenvalue weighted by molar-refractivity contribution is 5.79. The van der Waals surface area contributed by atoms with Crippen molar-refractivity contribution in [3.05, 3.63) is 34.8 Å². The summed E-state index contributed by atoms with van der Waals surface area (Å²) in [6.07, 6.45) is 5.65. The number of para-hydroxylation sites is 2. The molecular formula is C15H18N2O3. The number of benzene rings is 1. The quantitative estimate of drug-likeness (QED) is 0.931. The number of amides is 1. The van der Waals surface area contributed by atoms with Gasteiger partial charge in [0.15, 0.2) is 5.58 Å². The zero-order valence-electron chi connectivity index (χ0n) is 11.3. The fourth-order valence-corrected chi connectivity index (χ4v) is 2.83. The Hall–Kier alpha value is -2.04. The molecule has 106 valence electrons. The van der Waals surface area contributed by atoms with Crippen LogP contribution in [-0.2, 0) is 11.3 Å². The number of hydrogen-bond donors (Lipinski definition) is 1. The van der Waals surface area contributed by atoms with E-state index in [-0.39, 0.29) is 18.5 Å². The van der Waals surface area contributed by atoms with E-state index in [1.165, 1.54) is 23.8 Å². The lowest BCUT2D eigenvalue weighted by Gasteiger charge is -2.22. The average molecular weight is 274 g/mol. The van der Waals surface area contributed by atoms with Gasteiger partial charge in [-0.15, -0.1) is 0 Å². The highest BCUT2D eigenvalue weighted by atomic mass is 16.4. The molecule has 1 aromatic carbocycles. The summed E-state index contributed by atoms with van der Waals surface area (Å²) in [7, 11) is 0. The van der Waals surface area contributed by atoms with Crippen LogP contribution in [-0.4, -0.2) is 16.5 Å². The van der Waals surface area contributed by atoms with Gasteiger partial charge < -0.3 is 9.73 Å². The van der Waals surface area contributed by atoms with E-state index in [0.29, 0.717) is 11.1 Å². The maximum Gasteiger partial charge on any atom is 0.420 e. The Labute approximate surface area is 116 Å². The maximum absolute atomic E-state index is 12.1. The maximum atomic E-state index is 12.1. The molecule has 1 aliphatic rings. The van der Waals surface area contributed by atoms with E-state index in [1.807, 2.05) is 6.07 Å². The standard InChI is InChI=1S/C15H18N2O3/c18-14(16-11-6-2-1-3-7-11)10-17-12-8-4-5-9-13(12)20-15(17)19/h4-5,8-9,11H,1-3,6-7,10H2,(H,16,18). The fraction of sp³-hybridized carbons (Fsp3) is 0.467. The number of carbonyl (C=O) groups is 1. The van der Waals surface area contributed by atoms with Gasteiger partial charge >= 0.3 is 5.76 Å². The zero-order valence-corrected chi connectivity index (χ0v) is 11.3. The summed E-state index contributed by atoms with van der Waals surface area (Å²) < 4.78 is 6.50. The SMILES string of the molecule is O=C(Cn1c(=O)oc2ccccc21)NC1CCCCC1. The molecule has 20 heavy (non-hydrogen) atoms. The van der Waals surface area contributed by atoms with E-state index < -0.39 is 5.76 Å². The van der Waals surface area contributed by atoms with Gasteiger partial charge in [-0.1, -0.05) is 31.4 Å². The molecule has 0 spiro atoms. The van der Waals surface area contributed by atoms with E-state index in [1.54, 1.807) is 18.2 Å². The molecule has 1 aliphatic carbocycles. The molecule has 0 bridgehead atoms. The second-order valence-corrected chi connectivity index (χ2v) is 5.32. The van der Waals surface area contributed by atoms with Gasteiger partial charge in [-0.3, -0.25) is 9.36 Å². The van der Waals surface area contributed by atoms with Crippen LogP contribution in [0.1, 0.15) is 32.1 Å². The first kappa shape index (κ1) is 13.0. The first-order valence-corrected chi connectivity index (χ1v) is 7.12. The third kappa shape index (κ3) is 2.61. The number of aromatic nitrogens is 1. The Bertz CT molecular complexity index is 665. The van der Waals surface area contributed by atoms with Crippen LogP contribution in [0.2, 0.25) is 0 Å². The lowest BCUT2D eigenvalue weighted by molar-refractivity contribution is -0.122. The molecule has 1 aromatic heterocycles. The largest absolute Gasteiger partial charge is 0.420 e.